The lowest BCUT2D eigenvalue weighted by Crippen LogP contribution is -2.46. The summed E-state index contributed by atoms with van der Waals surface area (Å²) in [6.07, 6.45) is 0.846. The number of halogens is 2. The quantitative estimate of drug-likeness (QED) is 0.868. The zero-order valence-electron chi connectivity index (χ0n) is 13.2. The minimum absolute atomic E-state index is 0.406. The van der Waals surface area contributed by atoms with Gasteiger partial charge in [0, 0.05) is 44.0 Å². The number of anilines is 3. The summed E-state index contributed by atoms with van der Waals surface area (Å²) in [7, 11) is 0. The van der Waals surface area contributed by atoms with E-state index in [0.29, 0.717) is 43.5 Å². The molecule has 24 heavy (non-hydrogen) atoms. The number of nitrogens with zero attached hydrogens (tertiary/aromatic N) is 4. The molecule has 1 aliphatic heterocycles. The summed E-state index contributed by atoms with van der Waals surface area (Å²) in [5.41, 5.74) is 0.406. The first kappa shape index (κ1) is 16.1. The normalized spacial score (nSPS) is 14.6. The Morgan fingerprint density at radius 2 is 1.83 bits per heavy atom. The molecule has 1 saturated heterocycles. The monoisotopic (exact) mass is 333 g/mol. The molecule has 0 atom stereocenters. The van der Waals surface area contributed by atoms with E-state index >= 15 is 0 Å². The van der Waals surface area contributed by atoms with Gasteiger partial charge in [-0.2, -0.15) is 0 Å². The maximum absolute atomic E-state index is 13.3. The van der Waals surface area contributed by atoms with E-state index in [0.717, 1.165) is 24.4 Å². The van der Waals surface area contributed by atoms with Crippen LogP contribution in [0.15, 0.2) is 24.3 Å². The number of amides is 1. The van der Waals surface area contributed by atoms with Crippen LogP contribution in [0, 0.1) is 18.6 Å². The van der Waals surface area contributed by atoms with Crippen LogP contribution in [-0.2, 0) is 4.79 Å². The van der Waals surface area contributed by atoms with E-state index in [2.05, 4.69) is 20.2 Å². The largest absolute Gasteiger partial charge is 0.353 e. The van der Waals surface area contributed by atoms with Crippen molar-refractivity contribution in [2.45, 2.75) is 6.92 Å². The number of aromatic nitrogens is 2. The fraction of sp³-hybridized carbons (Fsp3) is 0.312. The molecule has 1 aliphatic rings. The van der Waals surface area contributed by atoms with E-state index < -0.39 is 11.6 Å². The fourth-order valence-electron chi connectivity index (χ4n) is 2.56. The molecule has 1 aromatic carbocycles. The van der Waals surface area contributed by atoms with Crippen molar-refractivity contribution in [2.24, 2.45) is 0 Å². The molecule has 126 valence electrons. The van der Waals surface area contributed by atoms with Crippen LogP contribution in [0.4, 0.5) is 26.1 Å². The molecular formula is C16H17F2N5O. The smallest absolute Gasteiger partial charge is 0.209 e. The van der Waals surface area contributed by atoms with Gasteiger partial charge in [0.2, 0.25) is 6.41 Å². The van der Waals surface area contributed by atoms with Crippen molar-refractivity contribution in [3.05, 3.63) is 41.7 Å². The zero-order chi connectivity index (χ0) is 17.1. The SMILES string of the molecule is Cc1nc(Nc2ccc(F)c(F)c2)cc(N2CCN(C=O)CC2)n1. The molecule has 1 N–H and O–H groups in total. The molecule has 8 heteroatoms. The number of nitrogens with one attached hydrogen (secondary N) is 1. The summed E-state index contributed by atoms with van der Waals surface area (Å²) in [6, 6.07) is 5.34. The van der Waals surface area contributed by atoms with Crippen LogP contribution in [0.1, 0.15) is 5.82 Å². The van der Waals surface area contributed by atoms with E-state index in [1.165, 1.54) is 6.07 Å². The Morgan fingerprint density at radius 3 is 2.50 bits per heavy atom. The number of carbonyl (C=O) groups excluding carboxylic acids is 1. The average molecular weight is 333 g/mol. The van der Waals surface area contributed by atoms with Gasteiger partial charge in [-0.1, -0.05) is 0 Å². The third kappa shape index (κ3) is 3.58. The molecule has 0 saturated carbocycles. The van der Waals surface area contributed by atoms with Gasteiger partial charge in [-0.3, -0.25) is 4.79 Å². The first-order valence-electron chi connectivity index (χ1n) is 7.57. The predicted octanol–water partition coefficient (Wildman–Crippen LogP) is 2.09. The zero-order valence-corrected chi connectivity index (χ0v) is 13.2. The lowest BCUT2D eigenvalue weighted by molar-refractivity contribution is -0.118. The average Bonchev–Trinajstić information content (AvgIpc) is 2.58. The van der Waals surface area contributed by atoms with Gasteiger partial charge in [0.15, 0.2) is 11.6 Å². The highest BCUT2D eigenvalue weighted by molar-refractivity contribution is 5.60. The van der Waals surface area contributed by atoms with Crippen LogP contribution >= 0.6 is 0 Å². The summed E-state index contributed by atoms with van der Waals surface area (Å²) in [5.74, 6) is -0.0148. The van der Waals surface area contributed by atoms with Crippen LogP contribution in [0.2, 0.25) is 0 Å². The van der Waals surface area contributed by atoms with Crippen LogP contribution in [0.25, 0.3) is 0 Å². The second-order valence-corrected chi connectivity index (χ2v) is 5.54. The minimum atomic E-state index is -0.920. The molecule has 0 radical (unpaired) electrons. The maximum Gasteiger partial charge on any atom is 0.209 e. The Kier molecular flexibility index (Phi) is 4.54. The lowest BCUT2D eigenvalue weighted by atomic mass is 10.3. The number of carbonyl (C=O) groups is 1. The second-order valence-electron chi connectivity index (χ2n) is 5.54. The number of piperazine rings is 1. The standard InChI is InChI=1S/C16H17F2N5O/c1-11-19-15(21-12-2-3-13(17)14(18)8-12)9-16(20-11)23-6-4-22(10-24)5-7-23/h2-3,8-10H,4-7H2,1H3,(H,19,20,21). The summed E-state index contributed by atoms with van der Waals surface area (Å²) < 4.78 is 26.3. The number of hydrogen-bond acceptors (Lipinski definition) is 5. The van der Waals surface area contributed by atoms with Crippen molar-refractivity contribution in [3.63, 3.8) is 0 Å². The summed E-state index contributed by atoms with van der Waals surface area (Å²) in [6.45, 7) is 4.40. The molecule has 0 aliphatic carbocycles. The fourth-order valence-corrected chi connectivity index (χ4v) is 2.56. The maximum atomic E-state index is 13.3. The van der Waals surface area contributed by atoms with E-state index in [-0.39, 0.29) is 0 Å². The van der Waals surface area contributed by atoms with E-state index in [4.69, 9.17) is 0 Å². The molecule has 1 fully saturated rings. The topological polar surface area (TPSA) is 61.4 Å². The van der Waals surface area contributed by atoms with E-state index in [1.54, 1.807) is 17.9 Å². The molecule has 0 bridgehead atoms. The van der Waals surface area contributed by atoms with E-state index in [1.807, 2.05) is 0 Å². The van der Waals surface area contributed by atoms with E-state index in [9.17, 15) is 13.6 Å². The van der Waals surface area contributed by atoms with Gasteiger partial charge in [0.25, 0.3) is 0 Å². The highest BCUT2D eigenvalue weighted by atomic mass is 19.2. The van der Waals surface area contributed by atoms with Gasteiger partial charge in [0.05, 0.1) is 0 Å². The molecule has 2 heterocycles. The highest BCUT2D eigenvalue weighted by Gasteiger charge is 2.18. The molecule has 0 spiro atoms. The van der Waals surface area contributed by atoms with Gasteiger partial charge >= 0.3 is 0 Å². The van der Waals surface area contributed by atoms with Crippen molar-refractivity contribution in [3.8, 4) is 0 Å². The van der Waals surface area contributed by atoms with Crippen molar-refractivity contribution < 1.29 is 13.6 Å². The summed E-state index contributed by atoms with van der Waals surface area (Å²) in [5, 5.41) is 2.96. The van der Waals surface area contributed by atoms with Crippen molar-refractivity contribution in [1.29, 1.82) is 0 Å². The van der Waals surface area contributed by atoms with Crippen LogP contribution in [-0.4, -0.2) is 47.5 Å². The van der Waals surface area contributed by atoms with Crippen LogP contribution in [0.5, 0.6) is 0 Å². The Bertz CT molecular complexity index is 747. The Labute approximate surface area is 138 Å². The van der Waals surface area contributed by atoms with Crippen LogP contribution < -0.4 is 10.2 Å². The first-order valence-corrected chi connectivity index (χ1v) is 7.57. The summed E-state index contributed by atoms with van der Waals surface area (Å²) >= 11 is 0. The third-order valence-electron chi connectivity index (χ3n) is 3.80. The number of aryl methyl sites for hydroxylation is 1. The molecule has 1 aromatic heterocycles. The Balaban J connectivity index is 1.78. The first-order chi connectivity index (χ1) is 11.5. The minimum Gasteiger partial charge on any atom is -0.353 e. The Hall–Kier alpha value is -2.77. The number of rotatable bonds is 4. The van der Waals surface area contributed by atoms with Gasteiger partial charge in [-0.25, -0.2) is 18.7 Å². The molecule has 1 amide bonds. The molecule has 3 rings (SSSR count). The molecular weight excluding hydrogens is 316 g/mol. The lowest BCUT2D eigenvalue weighted by Gasteiger charge is -2.33. The van der Waals surface area contributed by atoms with Crippen LogP contribution in [0.3, 0.4) is 0 Å². The Morgan fingerprint density at radius 1 is 1.08 bits per heavy atom. The van der Waals surface area contributed by atoms with Gasteiger partial charge in [-0.15, -0.1) is 0 Å². The van der Waals surface area contributed by atoms with Gasteiger partial charge in [-0.05, 0) is 19.1 Å². The predicted molar refractivity (Wildman–Crippen MR) is 86.3 cm³/mol. The molecule has 2 aromatic rings. The number of hydrogen-bond donors (Lipinski definition) is 1. The molecule has 6 nitrogen and oxygen atoms in total. The van der Waals surface area contributed by atoms with Gasteiger partial charge in [0.1, 0.15) is 17.5 Å². The second kappa shape index (κ2) is 6.77. The van der Waals surface area contributed by atoms with Crippen molar-refractivity contribution >= 4 is 23.7 Å². The third-order valence-corrected chi connectivity index (χ3v) is 3.80. The summed E-state index contributed by atoms with van der Waals surface area (Å²) in [4.78, 5) is 23.2. The molecule has 0 unspecified atom stereocenters. The van der Waals surface area contributed by atoms with Crippen molar-refractivity contribution in [1.82, 2.24) is 14.9 Å². The number of benzene rings is 1. The van der Waals surface area contributed by atoms with Gasteiger partial charge < -0.3 is 15.1 Å². The highest BCUT2D eigenvalue weighted by Crippen LogP contribution is 2.22. The van der Waals surface area contributed by atoms with Crippen molar-refractivity contribution in [2.75, 3.05) is 36.4 Å².